The SMILES string of the molecule is COc1ccc2cc(Cn3c(C)csc3=O)c(Cl)nc2c1. The molecule has 0 saturated heterocycles. The van der Waals surface area contributed by atoms with Crippen molar-refractivity contribution in [3.8, 4) is 5.75 Å². The van der Waals surface area contributed by atoms with Gasteiger partial charge in [0.15, 0.2) is 0 Å². The van der Waals surface area contributed by atoms with E-state index in [2.05, 4.69) is 4.98 Å². The summed E-state index contributed by atoms with van der Waals surface area (Å²) in [5.74, 6) is 0.740. The van der Waals surface area contributed by atoms with Crippen molar-refractivity contribution >= 4 is 33.8 Å². The summed E-state index contributed by atoms with van der Waals surface area (Å²) in [5, 5.41) is 3.22. The third kappa shape index (κ3) is 2.66. The second kappa shape index (κ2) is 5.50. The average Bonchev–Trinajstić information content (AvgIpc) is 2.79. The van der Waals surface area contributed by atoms with Crippen LogP contribution in [-0.2, 0) is 6.54 Å². The molecule has 0 amide bonds. The Balaban J connectivity index is 2.07. The van der Waals surface area contributed by atoms with Crippen LogP contribution in [0.2, 0.25) is 5.15 Å². The molecule has 0 bridgehead atoms. The van der Waals surface area contributed by atoms with E-state index in [0.29, 0.717) is 11.7 Å². The van der Waals surface area contributed by atoms with E-state index in [1.165, 1.54) is 11.3 Å². The van der Waals surface area contributed by atoms with Crippen molar-refractivity contribution in [2.75, 3.05) is 7.11 Å². The van der Waals surface area contributed by atoms with Crippen molar-refractivity contribution in [3.05, 3.63) is 55.7 Å². The molecule has 2 aromatic heterocycles. The Bertz CT molecular complexity index is 870. The summed E-state index contributed by atoms with van der Waals surface area (Å²) in [7, 11) is 1.61. The molecule has 3 rings (SSSR count). The number of ether oxygens (including phenoxy) is 1. The molecule has 2 heterocycles. The number of thiazole rings is 1. The highest BCUT2D eigenvalue weighted by Crippen LogP contribution is 2.24. The molecule has 0 atom stereocenters. The number of hydrogen-bond acceptors (Lipinski definition) is 4. The summed E-state index contributed by atoms with van der Waals surface area (Å²) >= 11 is 7.45. The van der Waals surface area contributed by atoms with E-state index in [1.807, 2.05) is 36.6 Å². The maximum atomic E-state index is 11.8. The predicted octanol–water partition coefficient (Wildman–Crippen LogP) is 3.48. The zero-order valence-electron chi connectivity index (χ0n) is 11.6. The zero-order chi connectivity index (χ0) is 15.0. The molecule has 108 valence electrons. The Morgan fingerprint density at radius 2 is 2.19 bits per heavy atom. The smallest absolute Gasteiger partial charge is 0.307 e. The lowest BCUT2D eigenvalue weighted by atomic mass is 10.1. The lowest BCUT2D eigenvalue weighted by Crippen LogP contribution is -2.15. The highest BCUT2D eigenvalue weighted by molar-refractivity contribution is 7.07. The molecule has 4 nitrogen and oxygen atoms in total. The summed E-state index contributed by atoms with van der Waals surface area (Å²) in [5.41, 5.74) is 2.53. The molecule has 0 radical (unpaired) electrons. The largest absolute Gasteiger partial charge is 0.497 e. The maximum absolute atomic E-state index is 11.8. The van der Waals surface area contributed by atoms with Gasteiger partial charge in [-0.3, -0.25) is 9.36 Å². The Morgan fingerprint density at radius 3 is 2.86 bits per heavy atom. The van der Waals surface area contributed by atoms with Gasteiger partial charge in [0.2, 0.25) is 0 Å². The van der Waals surface area contributed by atoms with Gasteiger partial charge in [0.25, 0.3) is 0 Å². The van der Waals surface area contributed by atoms with E-state index >= 15 is 0 Å². The summed E-state index contributed by atoms with van der Waals surface area (Å²) in [4.78, 5) is 16.2. The normalized spacial score (nSPS) is 11.0. The Morgan fingerprint density at radius 1 is 1.38 bits per heavy atom. The van der Waals surface area contributed by atoms with Gasteiger partial charge in [-0.15, -0.1) is 0 Å². The fourth-order valence-electron chi connectivity index (χ4n) is 2.17. The molecule has 0 aliphatic carbocycles. The second-order valence-electron chi connectivity index (χ2n) is 4.73. The summed E-state index contributed by atoms with van der Waals surface area (Å²) in [6.07, 6.45) is 0. The number of halogens is 1. The third-order valence-corrected chi connectivity index (χ3v) is 4.56. The molecule has 3 aromatic rings. The molecule has 0 fully saturated rings. The Labute approximate surface area is 130 Å². The van der Waals surface area contributed by atoms with Gasteiger partial charge in [-0.25, -0.2) is 4.98 Å². The van der Waals surface area contributed by atoms with Crippen molar-refractivity contribution in [2.24, 2.45) is 0 Å². The fourth-order valence-corrected chi connectivity index (χ4v) is 3.11. The van der Waals surface area contributed by atoms with Crippen molar-refractivity contribution in [1.82, 2.24) is 9.55 Å². The van der Waals surface area contributed by atoms with E-state index < -0.39 is 0 Å². The van der Waals surface area contributed by atoms with Crippen LogP contribution in [0.3, 0.4) is 0 Å². The highest BCUT2D eigenvalue weighted by Gasteiger charge is 2.10. The van der Waals surface area contributed by atoms with Crippen molar-refractivity contribution in [1.29, 1.82) is 0 Å². The van der Waals surface area contributed by atoms with E-state index in [1.54, 1.807) is 11.7 Å². The van der Waals surface area contributed by atoms with Crippen molar-refractivity contribution in [2.45, 2.75) is 13.5 Å². The number of fused-ring (bicyclic) bond motifs is 1. The predicted molar refractivity (Wildman–Crippen MR) is 85.7 cm³/mol. The number of pyridine rings is 1. The van der Waals surface area contributed by atoms with Gasteiger partial charge < -0.3 is 4.74 Å². The molecule has 0 N–H and O–H groups in total. The lowest BCUT2D eigenvalue weighted by Gasteiger charge is -2.09. The van der Waals surface area contributed by atoms with Crippen LogP contribution in [0.5, 0.6) is 5.75 Å². The first-order chi connectivity index (χ1) is 10.1. The van der Waals surface area contributed by atoms with Crippen molar-refractivity contribution in [3.63, 3.8) is 0 Å². The fraction of sp³-hybridized carbons (Fsp3) is 0.200. The molecule has 6 heteroatoms. The number of rotatable bonds is 3. The molecule has 0 saturated carbocycles. The van der Waals surface area contributed by atoms with Crippen molar-refractivity contribution < 1.29 is 4.74 Å². The quantitative estimate of drug-likeness (QED) is 0.694. The molecule has 0 unspecified atom stereocenters. The van der Waals surface area contributed by atoms with Crippen LogP contribution >= 0.6 is 22.9 Å². The van der Waals surface area contributed by atoms with Gasteiger partial charge in [-0.05, 0) is 25.1 Å². The number of methoxy groups -OCH3 is 1. The van der Waals surface area contributed by atoms with Gasteiger partial charge >= 0.3 is 4.87 Å². The van der Waals surface area contributed by atoms with Crippen LogP contribution in [0.15, 0.2) is 34.4 Å². The standard InChI is InChI=1S/C15H13ClN2O2S/c1-9-8-21-15(19)18(9)7-11-5-10-3-4-12(20-2)6-13(10)17-14(11)16/h3-6,8H,7H2,1-2H3. The van der Waals surface area contributed by atoms with E-state index in [-0.39, 0.29) is 4.87 Å². The first-order valence-electron chi connectivity index (χ1n) is 6.36. The monoisotopic (exact) mass is 320 g/mol. The van der Waals surface area contributed by atoms with Gasteiger partial charge in [-0.2, -0.15) is 0 Å². The minimum atomic E-state index is 0.0124. The first kappa shape index (κ1) is 14.1. The van der Waals surface area contributed by atoms with Gasteiger partial charge in [0, 0.05) is 28.1 Å². The minimum absolute atomic E-state index is 0.0124. The second-order valence-corrected chi connectivity index (χ2v) is 5.90. The zero-order valence-corrected chi connectivity index (χ0v) is 13.2. The van der Waals surface area contributed by atoms with Gasteiger partial charge in [0.1, 0.15) is 10.9 Å². The lowest BCUT2D eigenvalue weighted by molar-refractivity contribution is 0.415. The number of nitrogens with zero attached hydrogens (tertiary/aromatic N) is 2. The van der Waals surface area contributed by atoms with Crippen LogP contribution in [0, 0.1) is 6.92 Å². The van der Waals surface area contributed by atoms with Crippen LogP contribution in [0.25, 0.3) is 10.9 Å². The molecule has 1 aromatic carbocycles. The summed E-state index contributed by atoms with van der Waals surface area (Å²) < 4.78 is 6.88. The molecule has 0 aliphatic rings. The summed E-state index contributed by atoms with van der Waals surface area (Å²) in [6.45, 7) is 2.34. The highest BCUT2D eigenvalue weighted by atomic mass is 35.5. The van der Waals surface area contributed by atoms with Gasteiger partial charge in [-0.1, -0.05) is 22.9 Å². The molecule has 21 heavy (non-hydrogen) atoms. The molecular weight excluding hydrogens is 308 g/mol. The summed E-state index contributed by atoms with van der Waals surface area (Å²) in [6, 6.07) is 7.62. The van der Waals surface area contributed by atoms with E-state index in [9.17, 15) is 4.79 Å². The maximum Gasteiger partial charge on any atom is 0.307 e. The topological polar surface area (TPSA) is 44.1 Å². The number of hydrogen-bond donors (Lipinski definition) is 0. The minimum Gasteiger partial charge on any atom is -0.497 e. The molecule has 0 spiro atoms. The molecule has 0 aliphatic heterocycles. The first-order valence-corrected chi connectivity index (χ1v) is 7.62. The van der Waals surface area contributed by atoms with E-state index in [0.717, 1.165) is 27.9 Å². The van der Waals surface area contributed by atoms with Gasteiger partial charge in [0.05, 0.1) is 19.2 Å². The van der Waals surface area contributed by atoms with Crippen LogP contribution in [-0.4, -0.2) is 16.7 Å². The number of benzene rings is 1. The average molecular weight is 321 g/mol. The Hall–Kier alpha value is -1.85. The Kier molecular flexibility index (Phi) is 3.69. The van der Waals surface area contributed by atoms with Crippen LogP contribution in [0.1, 0.15) is 11.3 Å². The van der Waals surface area contributed by atoms with Crippen LogP contribution < -0.4 is 9.61 Å². The number of aryl methyl sites for hydroxylation is 1. The third-order valence-electron chi connectivity index (χ3n) is 3.36. The van der Waals surface area contributed by atoms with Crippen LogP contribution in [0.4, 0.5) is 0 Å². The molecular formula is C15H13ClN2O2S. The van der Waals surface area contributed by atoms with E-state index in [4.69, 9.17) is 16.3 Å². The number of aromatic nitrogens is 2.